The molecule has 0 atom stereocenters. The van der Waals surface area contributed by atoms with Crippen LogP contribution in [0.1, 0.15) is 16.7 Å². The molecule has 4 aromatic carbocycles. The van der Waals surface area contributed by atoms with Crippen molar-refractivity contribution in [2.75, 3.05) is 0 Å². The predicted molar refractivity (Wildman–Crippen MR) is 150 cm³/mol. The highest BCUT2D eigenvalue weighted by molar-refractivity contribution is 9.10. The molecule has 4 nitrogen and oxygen atoms in total. The Morgan fingerprint density at radius 1 is 0.889 bits per heavy atom. The van der Waals surface area contributed by atoms with Gasteiger partial charge in [0.05, 0.1) is 20.9 Å². The Morgan fingerprint density at radius 3 is 2.42 bits per heavy atom. The summed E-state index contributed by atoms with van der Waals surface area (Å²) in [5, 5.41) is 2.77. The highest BCUT2D eigenvalue weighted by Crippen LogP contribution is 2.38. The molecule has 5 rings (SSSR count). The monoisotopic (exact) mass is 597 g/mol. The molecule has 0 bridgehead atoms. The molecule has 0 aromatic heterocycles. The molecule has 0 N–H and O–H groups in total. The summed E-state index contributed by atoms with van der Waals surface area (Å²) >= 11 is 17.1. The molecule has 1 saturated heterocycles. The maximum atomic E-state index is 13.1. The average molecular weight is 599 g/mol. The number of benzene rings is 4. The molecule has 180 valence electrons. The molecule has 2 amide bonds. The Balaban J connectivity index is 1.35. The van der Waals surface area contributed by atoms with E-state index >= 15 is 0 Å². The van der Waals surface area contributed by atoms with Crippen molar-refractivity contribution < 1.29 is 14.3 Å². The smallest absolute Gasteiger partial charge is 0.293 e. The van der Waals surface area contributed by atoms with Gasteiger partial charge in [0.2, 0.25) is 0 Å². The van der Waals surface area contributed by atoms with Crippen molar-refractivity contribution in [3.8, 4) is 5.75 Å². The highest BCUT2D eigenvalue weighted by Gasteiger charge is 2.35. The minimum Gasteiger partial charge on any atom is -0.486 e. The maximum absolute atomic E-state index is 13.1. The Morgan fingerprint density at radius 2 is 1.61 bits per heavy atom. The molecular weight excluding hydrogens is 581 g/mol. The standard InChI is InChI=1S/C28H18BrCl2NO3S/c29-22-12-17(13-24(31)26(22)35-16-20-7-2-4-11-23(20)30)14-25-27(33)32(28(34)36-25)15-19-9-5-8-18-6-1-3-10-21(18)19/h1-14H,15-16H2/b25-14-. The van der Waals surface area contributed by atoms with Gasteiger partial charge in [0.15, 0.2) is 5.75 Å². The van der Waals surface area contributed by atoms with E-state index in [1.54, 1.807) is 24.3 Å². The third-order valence-electron chi connectivity index (χ3n) is 5.73. The van der Waals surface area contributed by atoms with E-state index in [4.69, 9.17) is 27.9 Å². The fourth-order valence-electron chi connectivity index (χ4n) is 3.95. The van der Waals surface area contributed by atoms with Gasteiger partial charge in [0.1, 0.15) is 6.61 Å². The van der Waals surface area contributed by atoms with Crippen molar-refractivity contribution >= 4 is 78.9 Å². The molecule has 1 aliphatic heterocycles. The third-order valence-corrected chi connectivity index (χ3v) is 7.88. The summed E-state index contributed by atoms with van der Waals surface area (Å²) in [5.41, 5.74) is 2.43. The number of ether oxygens (including phenoxy) is 1. The van der Waals surface area contributed by atoms with Crippen molar-refractivity contribution in [1.29, 1.82) is 0 Å². The number of imide groups is 1. The van der Waals surface area contributed by atoms with Crippen LogP contribution in [0.3, 0.4) is 0 Å². The lowest BCUT2D eigenvalue weighted by Crippen LogP contribution is -2.27. The van der Waals surface area contributed by atoms with E-state index in [1.807, 2.05) is 60.7 Å². The largest absolute Gasteiger partial charge is 0.486 e. The van der Waals surface area contributed by atoms with Gasteiger partial charge in [-0.1, -0.05) is 83.9 Å². The van der Waals surface area contributed by atoms with Gasteiger partial charge in [-0.15, -0.1) is 0 Å². The first-order valence-electron chi connectivity index (χ1n) is 11.0. The van der Waals surface area contributed by atoms with E-state index in [9.17, 15) is 9.59 Å². The second kappa shape index (κ2) is 10.7. The lowest BCUT2D eigenvalue weighted by molar-refractivity contribution is -0.123. The fourth-order valence-corrected chi connectivity index (χ4v) is 5.97. The molecule has 0 saturated carbocycles. The first-order chi connectivity index (χ1) is 17.4. The highest BCUT2D eigenvalue weighted by atomic mass is 79.9. The summed E-state index contributed by atoms with van der Waals surface area (Å²) in [4.78, 5) is 27.5. The van der Waals surface area contributed by atoms with Crippen molar-refractivity contribution in [2.24, 2.45) is 0 Å². The first-order valence-corrected chi connectivity index (χ1v) is 13.3. The zero-order valence-electron chi connectivity index (χ0n) is 18.7. The van der Waals surface area contributed by atoms with Crippen LogP contribution in [0.2, 0.25) is 10.0 Å². The summed E-state index contributed by atoms with van der Waals surface area (Å²) in [7, 11) is 0. The Labute approximate surface area is 231 Å². The lowest BCUT2D eigenvalue weighted by Gasteiger charge is -2.14. The van der Waals surface area contributed by atoms with Crippen LogP contribution < -0.4 is 4.74 Å². The molecule has 36 heavy (non-hydrogen) atoms. The third kappa shape index (κ3) is 5.18. The van der Waals surface area contributed by atoms with Gasteiger partial charge >= 0.3 is 0 Å². The van der Waals surface area contributed by atoms with Gasteiger partial charge in [-0.05, 0) is 73.9 Å². The van der Waals surface area contributed by atoms with Crippen molar-refractivity contribution in [3.63, 3.8) is 0 Å². The second-order valence-corrected chi connectivity index (χ2v) is 10.8. The number of halogens is 3. The van der Waals surface area contributed by atoms with Crippen LogP contribution in [-0.2, 0) is 17.9 Å². The van der Waals surface area contributed by atoms with Crippen molar-refractivity contribution in [3.05, 3.63) is 115 Å². The summed E-state index contributed by atoms with van der Waals surface area (Å²) in [6.45, 7) is 0.465. The molecule has 0 radical (unpaired) electrons. The molecule has 0 spiro atoms. The zero-order chi connectivity index (χ0) is 25.2. The first kappa shape index (κ1) is 24.9. The average Bonchev–Trinajstić information content (AvgIpc) is 3.12. The quantitative estimate of drug-likeness (QED) is 0.208. The summed E-state index contributed by atoms with van der Waals surface area (Å²) in [6, 6.07) is 24.7. The summed E-state index contributed by atoms with van der Waals surface area (Å²) in [6.07, 6.45) is 1.67. The predicted octanol–water partition coefficient (Wildman–Crippen LogP) is 8.72. The van der Waals surface area contributed by atoms with Crippen molar-refractivity contribution in [2.45, 2.75) is 13.2 Å². The van der Waals surface area contributed by atoms with Gasteiger partial charge in [-0.25, -0.2) is 0 Å². The SMILES string of the molecule is O=C1S/C(=C\c2cc(Cl)c(OCc3ccccc3Cl)c(Br)c2)C(=O)N1Cc1cccc2ccccc12. The number of thioether (sulfide) groups is 1. The molecule has 0 aliphatic carbocycles. The van der Waals surface area contributed by atoms with E-state index in [-0.39, 0.29) is 24.3 Å². The number of rotatable bonds is 6. The molecule has 1 heterocycles. The van der Waals surface area contributed by atoms with Gasteiger partial charge in [0, 0.05) is 10.6 Å². The van der Waals surface area contributed by atoms with E-state index < -0.39 is 0 Å². The van der Waals surface area contributed by atoms with Crippen LogP contribution >= 0.6 is 50.9 Å². The molecule has 4 aromatic rings. The summed E-state index contributed by atoms with van der Waals surface area (Å²) < 4.78 is 6.53. The Kier molecular flexibility index (Phi) is 7.39. The van der Waals surface area contributed by atoms with Crippen LogP contribution in [0, 0.1) is 0 Å². The second-order valence-electron chi connectivity index (χ2n) is 8.10. The molecule has 1 aliphatic rings. The van der Waals surface area contributed by atoms with E-state index in [0.29, 0.717) is 30.7 Å². The molecule has 1 fully saturated rings. The number of nitrogens with zero attached hydrogens (tertiary/aromatic N) is 1. The minimum absolute atomic E-state index is 0.211. The minimum atomic E-state index is -0.329. The van der Waals surface area contributed by atoms with Crippen LogP contribution in [0.4, 0.5) is 4.79 Å². The summed E-state index contributed by atoms with van der Waals surface area (Å²) in [5.74, 6) is 0.141. The molecule has 8 heteroatoms. The van der Waals surface area contributed by atoms with E-state index in [2.05, 4.69) is 15.9 Å². The lowest BCUT2D eigenvalue weighted by atomic mass is 10.0. The van der Waals surface area contributed by atoms with Crippen molar-refractivity contribution in [1.82, 2.24) is 4.90 Å². The van der Waals surface area contributed by atoms with Crippen LogP contribution in [-0.4, -0.2) is 16.0 Å². The van der Waals surface area contributed by atoms with E-state index in [0.717, 1.165) is 33.7 Å². The number of hydrogen-bond donors (Lipinski definition) is 0. The van der Waals surface area contributed by atoms with E-state index in [1.165, 1.54) is 4.90 Å². The van der Waals surface area contributed by atoms with Crippen LogP contribution in [0.5, 0.6) is 5.75 Å². The van der Waals surface area contributed by atoms with Gasteiger partial charge in [0.25, 0.3) is 11.1 Å². The normalized spacial score (nSPS) is 14.8. The molecular formula is C28H18BrCl2NO3S. The number of amides is 2. The zero-order valence-corrected chi connectivity index (χ0v) is 22.6. The Hall–Kier alpha value is -2.77. The maximum Gasteiger partial charge on any atom is 0.293 e. The van der Waals surface area contributed by atoms with Gasteiger partial charge in [-0.3, -0.25) is 14.5 Å². The van der Waals surface area contributed by atoms with Gasteiger partial charge < -0.3 is 4.74 Å². The number of fused-ring (bicyclic) bond motifs is 1. The number of carbonyl (C=O) groups is 2. The number of carbonyl (C=O) groups excluding carboxylic acids is 2. The van der Waals surface area contributed by atoms with Gasteiger partial charge in [-0.2, -0.15) is 0 Å². The molecule has 0 unspecified atom stereocenters. The van der Waals surface area contributed by atoms with Crippen LogP contribution in [0.25, 0.3) is 16.8 Å². The van der Waals surface area contributed by atoms with Crippen LogP contribution in [0.15, 0.2) is 88.2 Å². The topological polar surface area (TPSA) is 46.6 Å². The Bertz CT molecular complexity index is 1510. The fraction of sp³-hybridized carbons (Fsp3) is 0.0714. The number of hydrogen-bond acceptors (Lipinski definition) is 4.